The molecule has 0 radical (unpaired) electrons. The van der Waals surface area contributed by atoms with Gasteiger partial charge in [0.05, 0.1) is 0 Å². The van der Waals surface area contributed by atoms with E-state index in [0.29, 0.717) is 0 Å². The first-order valence-corrected chi connectivity index (χ1v) is 9.11. The van der Waals surface area contributed by atoms with Crippen molar-refractivity contribution in [1.29, 1.82) is 0 Å². The van der Waals surface area contributed by atoms with Gasteiger partial charge >= 0.3 is 0 Å². The lowest BCUT2D eigenvalue weighted by Crippen LogP contribution is -2.01. The molecular weight excluding hydrogens is 306 g/mol. The minimum atomic E-state index is 0.906. The van der Waals surface area contributed by atoms with Gasteiger partial charge in [0.15, 0.2) is 5.58 Å². The molecule has 0 aliphatic heterocycles. The number of rotatable bonds is 1. The first kappa shape index (κ1) is 14.7. The van der Waals surface area contributed by atoms with Crippen molar-refractivity contribution in [3.63, 3.8) is 0 Å². The highest BCUT2D eigenvalue weighted by atomic mass is 16.3. The summed E-state index contributed by atoms with van der Waals surface area (Å²) in [5.41, 5.74) is 9.49. The van der Waals surface area contributed by atoms with Crippen LogP contribution in [0.4, 0.5) is 0 Å². The molecule has 0 atom stereocenters. The SMILES string of the molecule is Cc1ccc(-c2nccc3c2oc2cc4c(cc23)CCCC4)cc1C. The van der Waals surface area contributed by atoms with Crippen molar-refractivity contribution in [3.8, 4) is 11.3 Å². The maximum Gasteiger partial charge on any atom is 0.161 e. The molecule has 2 heterocycles. The summed E-state index contributed by atoms with van der Waals surface area (Å²) in [6, 6.07) is 13.2. The zero-order chi connectivity index (χ0) is 17.0. The molecule has 2 nitrogen and oxygen atoms in total. The molecule has 4 aromatic rings. The van der Waals surface area contributed by atoms with E-state index in [-0.39, 0.29) is 0 Å². The van der Waals surface area contributed by atoms with Crippen molar-refractivity contribution in [2.75, 3.05) is 0 Å². The summed E-state index contributed by atoms with van der Waals surface area (Å²) in [6.07, 6.45) is 6.84. The molecule has 124 valence electrons. The van der Waals surface area contributed by atoms with Gasteiger partial charge in [-0.05, 0) is 86.1 Å². The van der Waals surface area contributed by atoms with Crippen molar-refractivity contribution >= 4 is 21.9 Å². The van der Waals surface area contributed by atoms with Gasteiger partial charge in [0.1, 0.15) is 11.3 Å². The zero-order valence-corrected chi connectivity index (χ0v) is 14.7. The van der Waals surface area contributed by atoms with Crippen LogP contribution in [0.5, 0.6) is 0 Å². The predicted molar refractivity (Wildman–Crippen MR) is 103 cm³/mol. The topological polar surface area (TPSA) is 26.0 Å². The van der Waals surface area contributed by atoms with Gasteiger partial charge in [-0.2, -0.15) is 0 Å². The second-order valence-corrected chi connectivity index (χ2v) is 7.26. The van der Waals surface area contributed by atoms with Gasteiger partial charge in [0.25, 0.3) is 0 Å². The third-order valence-electron chi connectivity index (χ3n) is 5.63. The summed E-state index contributed by atoms with van der Waals surface area (Å²) < 4.78 is 6.31. The molecule has 2 aromatic carbocycles. The number of pyridine rings is 1. The molecule has 25 heavy (non-hydrogen) atoms. The van der Waals surface area contributed by atoms with Crippen LogP contribution in [0.1, 0.15) is 35.1 Å². The van der Waals surface area contributed by atoms with E-state index < -0.39 is 0 Å². The van der Waals surface area contributed by atoms with Gasteiger partial charge < -0.3 is 4.42 Å². The van der Waals surface area contributed by atoms with Crippen molar-refractivity contribution in [2.24, 2.45) is 0 Å². The molecule has 2 heteroatoms. The van der Waals surface area contributed by atoms with Crippen LogP contribution in [0.3, 0.4) is 0 Å². The quantitative estimate of drug-likeness (QED) is 0.419. The second kappa shape index (κ2) is 5.45. The third kappa shape index (κ3) is 2.28. The maximum absolute atomic E-state index is 6.31. The highest BCUT2D eigenvalue weighted by Gasteiger charge is 2.17. The lowest BCUT2D eigenvalue weighted by atomic mass is 9.90. The van der Waals surface area contributed by atoms with E-state index in [0.717, 1.165) is 22.4 Å². The van der Waals surface area contributed by atoms with E-state index >= 15 is 0 Å². The van der Waals surface area contributed by atoms with Crippen LogP contribution in [-0.2, 0) is 12.8 Å². The minimum Gasteiger partial charge on any atom is -0.454 e. The van der Waals surface area contributed by atoms with Crippen molar-refractivity contribution in [2.45, 2.75) is 39.5 Å². The standard InChI is InChI=1S/C23H21NO/c1-14-7-8-18(11-15(14)2)22-23-19(9-10-24-22)20-12-16-5-3-4-6-17(16)13-21(20)25-23/h7-13H,3-6H2,1-2H3. The molecular formula is C23H21NO. The van der Waals surface area contributed by atoms with E-state index in [1.165, 1.54) is 58.7 Å². The number of hydrogen-bond acceptors (Lipinski definition) is 2. The highest BCUT2D eigenvalue weighted by Crippen LogP contribution is 2.37. The molecule has 0 spiro atoms. The maximum atomic E-state index is 6.31. The summed E-state index contributed by atoms with van der Waals surface area (Å²) >= 11 is 0. The van der Waals surface area contributed by atoms with Crippen molar-refractivity contribution < 1.29 is 4.42 Å². The van der Waals surface area contributed by atoms with Crippen molar-refractivity contribution in [1.82, 2.24) is 4.98 Å². The van der Waals surface area contributed by atoms with E-state index in [1.54, 1.807) is 0 Å². The predicted octanol–water partition coefficient (Wildman–Crippen LogP) is 6.14. The Morgan fingerprint density at radius 1 is 0.840 bits per heavy atom. The molecule has 1 aliphatic rings. The monoisotopic (exact) mass is 327 g/mol. The van der Waals surface area contributed by atoms with Crippen LogP contribution < -0.4 is 0 Å². The average molecular weight is 327 g/mol. The number of hydrogen-bond donors (Lipinski definition) is 0. The van der Waals surface area contributed by atoms with Gasteiger partial charge in [-0.3, -0.25) is 4.98 Å². The molecule has 0 bridgehead atoms. The largest absolute Gasteiger partial charge is 0.454 e. The fourth-order valence-electron chi connectivity index (χ4n) is 4.03. The van der Waals surface area contributed by atoms with Gasteiger partial charge in [-0.25, -0.2) is 0 Å². The van der Waals surface area contributed by atoms with Gasteiger partial charge in [0.2, 0.25) is 0 Å². The van der Waals surface area contributed by atoms with Gasteiger partial charge in [0, 0.05) is 22.5 Å². The van der Waals surface area contributed by atoms with E-state index in [1.807, 2.05) is 6.20 Å². The first-order chi connectivity index (χ1) is 12.2. The van der Waals surface area contributed by atoms with Crippen LogP contribution in [0.2, 0.25) is 0 Å². The fourth-order valence-corrected chi connectivity index (χ4v) is 4.03. The number of aromatic nitrogens is 1. The Morgan fingerprint density at radius 3 is 2.44 bits per heavy atom. The second-order valence-electron chi connectivity index (χ2n) is 7.26. The Morgan fingerprint density at radius 2 is 1.64 bits per heavy atom. The van der Waals surface area contributed by atoms with Crippen LogP contribution in [-0.4, -0.2) is 4.98 Å². The molecule has 0 N–H and O–H groups in total. The van der Waals surface area contributed by atoms with E-state index in [9.17, 15) is 0 Å². The fraction of sp³-hybridized carbons (Fsp3) is 0.261. The molecule has 0 saturated carbocycles. The Kier molecular flexibility index (Phi) is 3.21. The molecule has 0 unspecified atom stereocenters. The molecule has 5 rings (SSSR count). The number of benzene rings is 2. The lowest BCUT2D eigenvalue weighted by Gasteiger charge is -2.14. The number of nitrogens with zero attached hydrogens (tertiary/aromatic N) is 1. The molecule has 0 saturated heterocycles. The Labute approximate surface area is 147 Å². The number of furan rings is 1. The molecule has 0 fully saturated rings. The summed E-state index contributed by atoms with van der Waals surface area (Å²) in [6.45, 7) is 4.28. The van der Waals surface area contributed by atoms with Crippen molar-refractivity contribution in [3.05, 3.63) is 64.8 Å². The van der Waals surface area contributed by atoms with Crippen LogP contribution >= 0.6 is 0 Å². The van der Waals surface area contributed by atoms with Gasteiger partial charge in [-0.1, -0.05) is 12.1 Å². The lowest BCUT2D eigenvalue weighted by molar-refractivity contribution is 0.659. The Bertz CT molecular complexity index is 1120. The third-order valence-corrected chi connectivity index (χ3v) is 5.63. The Balaban J connectivity index is 1.79. The average Bonchev–Trinajstić information content (AvgIpc) is 2.99. The highest BCUT2D eigenvalue weighted by molar-refractivity contribution is 6.09. The van der Waals surface area contributed by atoms with Crippen LogP contribution in [0.25, 0.3) is 33.2 Å². The van der Waals surface area contributed by atoms with Gasteiger partial charge in [-0.15, -0.1) is 0 Å². The smallest absolute Gasteiger partial charge is 0.161 e. The normalized spacial score (nSPS) is 14.2. The van der Waals surface area contributed by atoms with E-state index in [2.05, 4.69) is 55.2 Å². The Hall–Kier alpha value is -2.61. The molecule has 0 amide bonds. The minimum absolute atomic E-state index is 0.906. The van der Waals surface area contributed by atoms with Crippen LogP contribution in [0, 0.1) is 13.8 Å². The summed E-state index contributed by atoms with van der Waals surface area (Å²) in [5.74, 6) is 0. The zero-order valence-electron chi connectivity index (χ0n) is 14.7. The van der Waals surface area contributed by atoms with Crippen LogP contribution in [0.15, 0.2) is 47.0 Å². The summed E-state index contributed by atoms with van der Waals surface area (Å²) in [5, 5.41) is 2.40. The summed E-state index contributed by atoms with van der Waals surface area (Å²) in [4.78, 5) is 4.65. The number of aryl methyl sites for hydroxylation is 4. The number of fused-ring (bicyclic) bond motifs is 4. The van der Waals surface area contributed by atoms with E-state index in [4.69, 9.17) is 4.42 Å². The summed E-state index contributed by atoms with van der Waals surface area (Å²) in [7, 11) is 0. The first-order valence-electron chi connectivity index (χ1n) is 9.11. The molecule has 2 aromatic heterocycles. The molecule has 1 aliphatic carbocycles.